The molecule has 0 radical (unpaired) electrons. The van der Waals surface area contributed by atoms with E-state index in [-0.39, 0.29) is 0 Å². The number of aromatic nitrogens is 1. The SMILES string of the molecule is C#CC(C)Cc1cccnc1. The quantitative estimate of drug-likeness (QED) is 0.579. The molecule has 0 spiro atoms. The third kappa shape index (κ3) is 2.43. The van der Waals surface area contributed by atoms with E-state index in [0.29, 0.717) is 5.92 Å². The van der Waals surface area contributed by atoms with Crippen molar-refractivity contribution in [1.82, 2.24) is 4.98 Å². The standard InChI is InChI=1S/C10H11N/c1-3-9(2)7-10-5-4-6-11-8-10/h1,4-6,8-9H,7H2,2H3. The Labute approximate surface area is 67.5 Å². The van der Waals surface area contributed by atoms with E-state index in [9.17, 15) is 0 Å². The molecule has 0 aliphatic rings. The van der Waals surface area contributed by atoms with Crippen molar-refractivity contribution in [2.45, 2.75) is 13.3 Å². The first kappa shape index (κ1) is 7.81. The highest BCUT2D eigenvalue weighted by atomic mass is 14.6. The Morgan fingerprint density at radius 3 is 3.09 bits per heavy atom. The van der Waals surface area contributed by atoms with Gasteiger partial charge in [0.15, 0.2) is 0 Å². The first-order valence-electron chi connectivity index (χ1n) is 3.68. The lowest BCUT2D eigenvalue weighted by molar-refractivity contribution is 0.748. The van der Waals surface area contributed by atoms with Gasteiger partial charge in [-0.05, 0) is 18.1 Å². The molecule has 1 aromatic rings. The number of terminal acetylenes is 1. The monoisotopic (exact) mass is 145 g/mol. The molecule has 1 nitrogen and oxygen atoms in total. The van der Waals surface area contributed by atoms with Crippen LogP contribution in [0.15, 0.2) is 24.5 Å². The van der Waals surface area contributed by atoms with E-state index in [1.165, 1.54) is 5.56 Å². The summed E-state index contributed by atoms with van der Waals surface area (Å²) in [5, 5.41) is 0. The molecule has 1 aromatic heterocycles. The highest BCUT2D eigenvalue weighted by molar-refractivity contribution is 5.11. The van der Waals surface area contributed by atoms with Crippen molar-refractivity contribution in [3.05, 3.63) is 30.1 Å². The van der Waals surface area contributed by atoms with Crippen molar-refractivity contribution >= 4 is 0 Å². The fourth-order valence-electron chi connectivity index (χ4n) is 0.931. The van der Waals surface area contributed by atoms with Gasteiger partial charge in [0, 0.05) is 18.3 Å². The molecule has 0 aliphatic carbocycles. The fourth-order valence-corrected chi connectivity index (χ4v) is 0.931. The Hall–Kier alpha value is -1.29. The Kier molecular flexibility index (Phi) is 2.68. The van der Waals surface area contributed by atoms with Crippen LogP contribution in [0.5, 0.6) is 0 Å². The summed E-state index contributed by atoms with van der Waals surface area (Å²) >= 11 is 0. The Morgan fingerprint density at radius 2 is 2.55 bits per heavy atom. The van der Waals surface area contributed by atoms with Gasteiger partial charge in [-0.1, -0.05) is 13.0 Å². The number of hydrogen-bond acceptors (Lipinski definition) is 1. The van der Waals surface area contributed by atoms with Crippen LogP contribution in [0.3, 0.4) is 0 Å². The fraction of sp³-hybridized carbons (Fsp3) is 0.300. The maximum atomic E-state index is 5.25. The molecule has 1 unspecified atom stereocenters. The summed E-state index contributed by atoms with van der Waals surface area (Å²) < 4.78 is 0. The average Bonchev–Trinajstić information content (AvgIpc) is 2.06. The molecule has 1 heteroatoms. The van der Waals surface area contributed by atoms with Crippen LogP contribution in [0.4, 0.5) is 0 Å². The van der Waals surface area contributed by atoms with Gasteiger partial charge >= 0.3 is 0 Å². The Morgan fingerprint density at radius 1 is 1.73 bits per heavy atom. The predicted molar refractivity (Wildman–Crippen MR) is 45.9 cm³/mol. The minimum atomic E-state index is 0.305. The molecule has 0 saturated carbocycles. The molecule has 1 rings (SSSR count). The van der Waals surface area contributed by atoms with Crippen molar-refractivity contribution in [3.8, 4) is 12.3 Å². The summed E-state index contributed by atoms with van der Waals surface area (Å²) in [7, 11) is 0. The lowest BCUT2D eigenvalue weighted by atomic mass is 10.0. The maximum Gasteiger partial charge on any atom is 0.0300 e. The van der Waals surface area contributed by atoms with Crippen LogP contribution < -0.4 is 0 Å². The summed E-state index contributed by atoms with van der Waals surface area (Å²) in [6.07, 6.45) is 9.79. The summed E-state index contributed by atoms with van der Waals surface area (Å²) in [5.74, 6) is 2.99. The number of hydrogen-bond donors (Lipinski definition) is 0. The van der Waals surface area contributed by atoms with Crippen LogP contribution >= 0.6 is 0 Å². The van der Waals surface area contributed by atoms with Crippen LogP contribution in [0, 0.1) is 18.3 Å². The number of nitrogens with zero attached hydrogens (tertiary/aromatic N) is 1. The molecule has 0 bridgehead atoms. The van der Waals surface area contributed by atoms with Gasteiger partial charge in [-0.15, -0.1) is 12.3 Å². The van der Waals surface area contributed by atoms with Crippen LogP contribution in [-0.4, -0.2) is 4.98 Å². The molecule has 0 saturated heterocycles. The zero-order valence-corrected chi connectivity index (χ0v) is 6.62. The molecule has 0 fully saturated rings. The van der Waals surface area contributed by atoms with Gasteiger partial charge in [-0.2, -0.15) is 0 Å². The molecule has 0 amide bonds. The average molecular weight is 145 g/mol. The third-order valence-corrected chi connectivity index (χ3v) is 1.55. The topological polar surface area (TPSA) is 12.9 Å². The summed E-state index contributed by atoms with van der Waals surface area (Å²) in [4.78, 5) is 4.00. The number of rotatable bonds is 2. The van der Waals surface area contributed by atoms with Gasteiger partial charge in [0.05, 0.1) is 0 Å². The first-order chi connectivity index (χ1) is 5.33. The van der Waals surface area contributed by atoms with Crippen LogP contribution in [0.25, 0.3) is 0 Å². The van der Waals surface area contributed by atoms with Gasteiger partial charge < -0.3 is 0 Å². The van der Waals surface area contributed by atoms with Crippen LogP contribution in [0.2, 0.25) is 0 Å². The van der Waals surface area contributed by atoms with Gasteiger partial charge in [0.25, 0.3) is 0 Å². The van der Waals surface area contributed by atoms with E-state index in [4.69, 9.17) is 6.42 Å². The molecular weight excluding hydrogens is 134 g/mol. The van der Waals surface area contributed by atoms with Crippen molar-refractivity contribution in [1.29, 1.82) is 0 Å². The maximum absolute atomic E-state index is 5.25. The van der Waals surface area contributed by atoms with E-state index in [1.807, 2.05) is 25.3 Å². The Bertz CT molecular complexity index is 245. The predicted octanol–water partition coefficient (Wildman–Crippen LogP) is 1.89. The lowest BCUT2D eigenvalue weighted by Crippen LogP contribution is -1.95. The zero-order valence-electron chi connectivity index (χ0n) is 6.62. The molecule has 0 aromatic carbocycles. The minimum Gasteiger partial charge on any atom is -0.264 e. The van der Waals surface area contributed by atoms with Gasteiger partial charge in [0.1, 0.15) is 0 Å². The van der Waals surface area contributed by atoms with E-state index in [2.05, 4.69) is 10.9 Å². The number of pyridine rings is 1. The second-order valence-electron chi connectivity index (χ2n) is 2.63. The highest BCUT2D eigenvalue weighted by Gasteiger charge is 1.97. The first-order valence-corrected chi connectivity index (χ1v) is 3.68. The van der Waals surface area contributed by atoms with Gasteiger partial charge in [-0.3, -0.25) is 4.98 Å². The summed E-state index contributed by atoms with van der Waals surface area (Å²) in [6, 6.07) is 3.97. The lowest BCUT2D eigenvalue weighted by Gasteiger charge is -2.01. The van der Waals surface area contributed by atoms with Crippen molar-refractivity contribution in [2.24, 2.45) is 5.92 Å². The van der Waals surface area contributed by atoms with Crippen molar-refractivity contribution in [2.75, 3.05) is 0 Å². The normalized spacial score (nSPS) is 12.0. The van der Waals surface area contributed by atoms with Gasteiger partial charge in [-0.25, -0.2) is 0 Å². The zero-order chi connectivity index (χ0) is 8.10. The highest BCUT2D eigenvalue weighted by Crippen LogP contribution is 2.04. The molecule has 11 heavy (non-hydrogen) atoms. The van der Waals surface area contributed by atoms with E-state index >= 15 is 0 Å². The molecule has 56 valence electrons. The van der Waals surface area contributed by atoms with E-state index in [1.54, 1.807) is 6.20 Å². The Balaban J connectivity index is 2.60. The summed E-state index contributed by atoms with van der Waals surface area (Å²) in [6.45, 7) is 2.03. The molecule has 1 heterocycles. The van der Waals surface area contributed by atoms with E-state index in [0.717, 1.165) is 6.42 Å². The molecular formula is C10H11N. The summed E-state index contributed by atoms with van der Waals surface area (Å²) in [5.41, 5.74) is 1.21. The van der Waals surface area contributed by atoms with Gasteiger partial charge in [0.2, 0.25) is 0 Å². The molecule has 0 N–H and O–H groups in total. The van der Waals surface area contributed by atoms with Crippen LogP contribution in [0.1, 0.15) is 12.5 Å². The van der Waals surface area contributed by atoms with Crippen molar-refractivity contribution < 1.29 is 0 Å². The third-order valence-electron chi connectivity index (χ3n) is 1.55. The van der Waals surface area contributed by atoms with E-state index < -0.39 is 0 Å². The second kappa shape index (κ2) is 3.78. The van der Waals surface area contributed by atoms with Crippen molar-refractivity contribution in [3.63, 3.8) is 0 Å². The van der Waals surface area contributed by atoms with Crippen LogP contribution in [-0.2, 0) is 6.42 Å². The smallest absolute Gasteiger partial charge is 0.0300 e. The molecule has 0 aliphatic heterocycles. The minimum absolute atomic E-state index is 0.305. The largest absolute Gasteiger partial charge is 0.264 e. The second-order valence-corrected chi connectivity index (χ2v) is 2.63. The molecule has 1 atom stereocenters.